The summed E-state index contributed by atoms with van der Waals surface area (Å²) in [5.41, 5.74) is 0.244. The predicted molar refractivity (Wildman–Crippen MR) is 68.1 cm³/mol. The Morgan fingerprint density at radius 3 is 2.12 bits per heavy atom. The Morgan fingerprint density at radius 1 is 1.31 bits per heavy atom. The summed E-state index contributed by atoms with van der Waals surface area (Å²) in [6.07, 6.45) is 5.70. The average Bonchev–Trinajstić information content (AvgIpc) is 2.28. The van der Waals surface area contributed by atoms with Gasteiger partial charge in [-0.15, -0.1) is 0 Å². The van der Waals surface area contributed by atoms with E-state index in [1.807, 2.05) is 14.1 Å². The van der Waals surface area contributed by atoms with Crippen LogP contribution in [0, 0.1) is 22.7 Å². The van der Waals surface area contributed by atoms with Crippen LogP contribution in [-0.2, 0) is 0 Å². The topological polar surface area (TPSA) is 27.0 Å². The number of nitriles is 1. The van der Waals surface area contributed by atoms with Gasteiger partial charge >= 0.3 is 0 Å². The zero-order chi connectivity index (χ0) is 12.4. The zero-order valence-corrected chi connectivity index (χ0v) is 11.5. The van der Waals surface area contributed by atoms with E-state index in [1.54, 1.807) is 0 Å². The molecule has 0 amide bonds. The Balaban J connectivity index is 2.68. The molecule has 1 aliphatic rings. The molecule has 0 aromatic rings. The van der Waals surface area contributed by atoms with Crippen molar-refractivity contribution in [1.29, 1.82) is 5.26 Å². The van der Waals surface area contributed by atoms with Crippen molar-refractivity contribution in [1.82, 2.24) is 4.90 Å². The van der Waals surface area contributed by atoms with Gasteiger partial charge in [-0.2, -0.15) is 5.26 Å². The maximum absolute atomic E-state index is 9.37. The molecule has 1 rings (SSSR count). The van der Waals surface area contributed by atoms with Crippen LogP contribution in [-0.4, -0.2) is 24.5 Å². The fourth-order valence-corrected chi connectivity index (χ4v) is 2.82. The second kappa shape index (κ2) is 4.75. The molecule has 0 saturated heterocycles. The molecule has 0 radical (unpaired) electrons. The van der Waals surface area contributed by atoms with Crippen LogP contribution in [0.5, 0.6) is 0 Å². The maximum Gasteiger partial charge on any atom is 0.108 e. The Bertz CT molecular complexity index is 265. The normalized spacial score (nSPS) is 31.4. The molecule has 2 nitrogen and oxygen atoms in total. The first-order chi connectivity index (χ1) is 7.38. The maximum atomic E-state index is 9.37. The summed E-state index contributed by atoms with van der Waals surface area (Å²) in [7, 11) is 4.07. The molecule has 0 atom stereocenters. The van der Waals surface area contributed by atoms with Gasteiger partial charge in [-0.3, -0.25) is 4.90 Å². The van der Waals surface area contributed by atoms with Crippen LogP contribution in [0.2, 0.25) is 0 Å². The van der Waals surface area contributed by atoms with Crippen LogP contribution >= 0.6 is 0 Å². The van der Waals surface area contributed by atoms with Crippen molar-refractivity contribution in [2.75, 3.05) is 14.1 Å². The van der Waals surface area contributed by atoms with Gasteiger partial charge in [0.15, 0.2) is 0 Å². The summed E-state index contributed by atoms with van der Waals surface area (Å²) in [5.74, 6) is 0.791. The lowest BCUT2D eigenvalue weighted by molar-refractivity contribution is 0.0749. The number of nitrogens with zero attached hydrogens (tertiary/aromatic N) is 2. The Kier molecular flexibility index (Phi) is 4.02. The van der Waals surface area contributed by atoms with Crippen molar-refractivity contribution in [3.05, 3.63) is 0 Å². The lowest BCUT2D eigenvalue weighted by Gasteiger charge is -2.44. The molecule has 92 valence electrons. The van der Waals surface area contributed by atoms with E-state index < -0.39 is 0 Å². The largest absolute Gasteiger partial charge is 0.292 e. The molecule has 2 heteroatoms. The highest BCUT2D eigenvalue weighted by Crippen LogP contribution is 2.44. The van der Waals surface area contributed by atoms with E-state index in [2.05, 4.69) is 31.7 Å². The van der Waals surface area contributed by atoms with Crippen LogP contribution in [0.1, 0.15) is 52.9 Å². The first-order valence-corrected chi connectivity index (χ1v) is 6.46. The molecular formula is C14H26N2. The summed E-state index contributed by atoms with van der Waals surface area (Å²) < 4.78 is 0. The lowest BCUT2D eigenvalue weighted by Crippen LogP contribution is -2.47. The highest BCUT2D eigenvalue weighted by molar-refractivity contribution is 5.09. The molecule has 0 aliphatic heterocycles. The third kappa shape index (κ3) is 2.40. The Labute approximate surface area is 101 Å². The van der Waals surface area contributed by atoms with Gasteiger partial charge in [-0.05, 0) is 51.1 Å². The molecule has 0 spiro atoms. The molecule has 0 aromatic carbocycles. The van der Waals surface area contributed by atoms with Crippen molar-refractivity contribution in [3.8, 4) is 6.07 Å². The van der Waals surface area contributed by atoms with E-state index in [0.29, 0.717) is 5.41 Å². The van der Waals surface area contributed by atoms with Crippen LogP contribution in [0.25, 0.3) is 0 Å². The minimum Gasteiger partial charge on any atom is -0.292 e. The molecule has 16 heavy (non-hydrogen) atoms. The minimum absolute atomic E-state index is 0.194. The Hall–Kier alpha value is -0.550. The van der Waals surface area contributed by atoms with Gasteiger partial charge < -0.3 is 0 Å². The van der Waals surface area contributed by atoms with Crippen LogP contribution in [0.15, 0.2) is 0 Å². The third-order valence-corrected chi connectivity index (χ3v) is 4.89. The number of hydrogen-bond donors (Lipinski definition) is 0. The van der Waals surface area contributed by atoms with Gasteiger partial charge in [-0.1, -0.05) is 27.2 Å². The van der Waals surface area contributed by atoms with Crippen molar-refractivity contribution >= 4 is 0 Å². The van der Waals surface area contributed by atoms with Crippen molar-refractivity contribution in [3.63, 3.8) is 0 Å². The molecular weight excluding hydrogens is 196 g/mol. The fourth-order valence-electron chi connectivity index (χ4n) is 2.82. The molecule has 0 aromatic heterocycles. The second-order valence-corrected chi connectivity index (χ2v) is 6.15. The van der Waals surface area contributed by atoms with E-state index >= 15 is 0 Å². The van der Waals surface area contributed by atoms with Crippen LogP contribution < -0.4 is 0 Å². The quantitative estimate of drug-likeness (QED) is 0.731. The number of hydrogen-bond acceptors (Lipinski definition) is 2. The molecule has 1 aliphatic carbocycles. The molecule has 0 bridgehead atoms. The molecule has 0 N–H and O–H groups in total. The Morgan fingerprint density at radius 2 is 1.81 bits per heavy atom. The third-order valence-electron chi connectivity index (χ3n) is 4.89. The van der Waals surface area contributed by atoms with Crippen molar-refractivity contribution in [2.24, 2.45) is 11.3 Å². The first kappa shape index (κ1) is 13.5. The van der Waals surface area contributed by atoms with Gasteiger partial charge in [-0.25, -0.2) is 0 Å². The summed E-state index contributed by atoms with van der Waals surface area (Å²) in [4.78, 5) is 2.11. The van der Waals surface area contributed by atoms with E-state index in [1.165, 1.54) is 19.3 Å². The van der Waals surface area contributed by atoms with Gasteiger partial charge in [0.25, 0.3) is 0 Å². The van der Waals surface area contributed by atoms with E-state index in [-0.39, 0.29) is 5.54 Å². The summed E-state index contributed by atoms with van der Waals surface area (Å²) in [6.45, 7) is 7.01. The van der Waals surface area contributed by atoms with Crippen molar-refractivity contribution < 1.29 is 0 Å². The summed E-state index contributed by atoms with van der Waals surface area (Å²) in [6, 6.07) is 2.53. The van der Waals surface area contributed by atoms with Crippen molar-refractivity contribution in [2.45, 2.75) is 58.4 Å². The van der Waals surface area contributed by atoms with Gasteiger partial charge in [0.1, 0.15) is 5.54 Å². The highest BCUT2D eigenvalue weighted by Gasteiger charge is 2.41. The average molecular weight is 222 g/mol. The molecule has 1 saturated carbocycles. The molecule has 1 fully saturated rings. The number of rotatable bonds is 3. The standard InChI is InChI=1S/C14H26N2/c1-6-13(2,3)12-7-9-14(11-15,10-8-12)16(4)5/h12H,6-10H2,1-5H3. The molecule has 0 heterocycles. The van der Waals surface area contributed by atoms with E-state index in [4.69, 9.17) is 0 Å². The van der Waals surface area contributed by atoms with Crippen LogP contribution in [0.3, 0.4) is 0 Å². The summed E-state index contributed by atoms with van der Waals surface area (Å²) >= 11 is 0. The smallest absolute Gasteiger partial charge is 0.108 e. The monoisotopic (exact) mass is 222 g/mol. The van der Waals surface area contributed by atoms with Gasteiger partial charge in [0.05, 0.1) is 6.07 Å². The van der Waals surface area contributed by atoms with E-state index in [0.717, 1.165) is 18.8 Å². The highest BCUT2D eigenvalue weighted by atomic mass is 15.1. The second-order valence-electron chi connectivity index (χ2n) is 6.15. The fraction of sp³-hybridized carbons (Fsp3) is 0.929. The first-order valence-electron chi connectivity index (χ1n) is 6.46. The molecule has 0 unspecified atom stereocenters. The SMILES string of the molecule is CCC(C)(C)C1CCC(C#N)(N(C)C)CC1. The summed E-state index contributed by atoms with van der Waals surface area (Å²) in [5, 5.41) is 9.37. The van der Waals surface area contributed by atoms with Gasteiger partial charge in [0, 0.05) is 0 Å². The predicted octanol–water partition coefficient (Wildman–Crippen LogP) is 3.44. The van der Waals surface area contributed by atoms with Gasteiger partial charge in [0.2, 0.25) is 0 Å². The minimum atomic E-state index is -0.194. The van der Waals surface area contributed by atoms with Crippen LogP contribution in [0.4, 0.5) is 0 Å². The zero-order valence-electron chi connectivity index (χ0n) is 11.5. The van der Waals surface area contributed by atoms with E-state index in [9.17, 15) is 5.26 Å². The lowest BCUT2D eigenvalue weighted by atomic mass is 9.65.